The summed E-state index contributed by atoms with van der Waals surface area (Å²) in [6, 6.07) is 9.34. The van der Waals surface area contributed by atoms with Crippen LogP contribution in [0.1, 0.15) is 29.7 Å². The van der Waals surface area contributed by atoms with Crippen LogP contribution in [-0.4, -0.2) is 4.98 Å². The van der Waals surface area contributed by atoms with Gasteiger partial charge in [0.2, 0.25) is 0 Å². The molecule has 1 aliphatic rings. The van der Waals surface area contributed by atoms with Gasteiger partial charge in [-0.3, -0.25) is 0 Å². The lowest BCUT2D eigenvalue weighted by Gasteiger charge is -2.17. The van der Waals surface area contributed by atoms with Gasteiger partial charge in [-0.25, -0.2) is 4.98 Å². The summed E-state index contributed by atoms with van der Waals surface area (Å²) in [6.45, 7) is 0. The smallest absolute Gasteiger partial charge is 0.148 e. The molecular formula is C16H15ClN4. The van der Waals surface area contributed by atoms with Gasteiger partial charge in [-0.2, -0.15) is 5.26 Å². The molecule has 3 rings (SSSR count). The number of nitrogens with one attached hydrogen (secondary N) is 1. The van der Waals surface area contributed by atoms with Crippen molar-refractivity contribution in [1.29, 1.82) is 5.26 Å². The highest BCUT2D eigenvalue weighted by molar-refractivity contribution is 6.33. The van der Waals surface area contributed by atoms with Crippen LogP contribution < -0.4 is 11.1 Å². The molecule has 1 aromatic heterocycles. The minimum atomic E-state index is 0.536. The topological polar surface area (TPSA) is 74.7 Å². The molecule has 106 valence electrons. The molecule has 0 spiro atoms. The molecule has 0 saturated heterocycles. The first kappa shape index (κ1) is 13.7. The van der Waals surface area contributed by atoms with Gasteiger partial charge in [0.1, 0.15) is 11.9 Å². The quantitative estimate of drug-likeness (QED) is 0.827. The average Bonchev–Trinajstić information content (AvgIpc) is 2.50. The van der Waals surface area contributed by atoms with E-state index in [1.54, 1.807) is 18.2 Å². The van der Waals surface area contributed by atoms with Crippen LogP contribution in [0.2, 0.25) is 5.02 Å². The van der Waals surface area contributed by atoms with Crippen LogP contribution in [0.5, 0.6) is 0 Å². The Balaban J connectivity index is 2.02. The summed E-state index contributed by atoms with van der Waals surface area (Å²) >= 11 is 6.16. The van der Waals surface area contributed by atoms with Crippen molar-refractivity contribution in [1.82, 2.24) is 4.98 Å². The van der Waals surface area contributed by atoms with Crippen LogP contribution in [0.15, 0.2) is 24.3 Å². The fourth-order valence-corrected chi connectivity index (χ4v) is 2.75. The Morgan fingerprint density at radius 3 is 2.86 bits per heavy atom. The van der Waals surface area contributed by atoms with E-state index in [0.29, 0.717) is 27.8 Å². The third-order valence-electron chi connectivity index (χ3n) is 3.66. The van der Waals surface area contributed by atoms with E-state index in [1.807, 2.05) is 6.07 Å². The Kier molecular flexibility index (Phi) is 3.68. The number of benzene rings is 1. The standard InChI is InChI=1S/C16H15ClN4/c17-13-6-5-12(19)8-15(13)21-16-11(9-18)7-10-3-1-2-4-14(10)20-16/h5-8H,1-4,19H2,(H,20,21). The summed E-state index contributed by atoms with van der Waals surface area (Å²) in [5, 5.41) is 13.0. The SMILES string of the molecule is N#Cc1cc2c(nc1Nc1cc(N)ccc1Cl)CCCC2. The first-order chi connectivity index (χ1) is 10.2. The van der Waals surface area contributed by atoms with Crippen molar-refractivity contribution >= 4 is 28.8 Å². The normalized spacial score (nSPS) is 13.3. The first-order valence-corrected chi connectivity index (χ1v) is 7.30. The molecule has 1 aromatic carbocycles. The Bertz CT molecular complexity index is 734. The van der Waals surface area contributed by atoms with Gasteiger partial charge in [0.05, 0.1) is 16.3 Å². The molecule has 5 heteroatoms. The Hall–Kier alpha value is -2.25. The summed E-state index contributed by atoms with van der Waals surface area (Å²) in [4.78, 5) is 4.62. The number of nitrogens with zero attached hydrogens (tertiary/aromatic N) is 2. The molecule has 4 nitrogen and oxygen atoms in total. The number of aryl methyl sites for hydroxylation is 2. The van der Waals surface area contributed by atoms with E-state index >= 15 is 0 Å². The molecule has 0 fully saturated rings. The highest BCUT2D eigenvalue weighted by Crippen LogP contribution is 2.30. The number of hydrogen-bond donors (Lipinski definition) is 2. The van der Waals surface area contributed by atoms with Crippen molar-refractivity contribution in [2.75, 3.05) is 11.1 Å². The second kappa shape index (κ2) is 5.63. The zero-order valence-corrected chi connectivity index (χ0v) is 12.2. The largest absolute Gasteiger partial charge is 0.399 e. The number of hydrogen-bond acceptors (Lipinski definition) is 4. The molecule has 1 heterocycles. The van der Waals surface area contributed by atoms with Crippen molar-refractivity contribution < 1.29 is 0 Å². The van der Waals surface area contributed by atoms with Crippen LogP contribution in [0.25, 0.3) is 0 Å². The van der Waals surface area contributed by atoms with Crippen molar-refractivity contribution in [3.05, 3.63) is 46.1 Å². The number of halogens is 1. The molecule has 0 bridgehead atoms. The van der Waals surface area contributed by atoms with Gasteiger partial charge >= 0.3 is 0 Å². The van der Waals surface area contributed by atoms with Crippen LogP contribution in [-0.2, 0) is 12.8 Å². The molecule has 0 saturated carbocycles. The summed E-state index contributed by atoms with van der Waals surface area (Å²) in [7, 11) is 0. The number of pyridine rings is 1. The number of anilines is 3. The van der Waals surface area contributed by atoms with Gasteiger partial charge in [0.15, 0.2) is 0 Å². The minimum Gasteiger partial charge on any atom is -0.399 e. The van der Waals surface area contributed by atoms with Crippen LogP contribution in [0, 0.1) is 11.3 Å². The lowest BCUT2D eigenvalue weighted by atomic mass is 9.95. The van der Waals surface area contributed by atoms with Gasteiger partial charge in [0, 0.05) is 11.4 Å². The van der Waals surface area contributed by atoms with E-state index in [9.17, 15) is 5.26 Å². The predicted molar refractivity (Wildman–Crippen MR) is 84.7 cm³/mol. The van der Waals surface area contributed by atoms with Gasteiger partial charge in [-0.05, 0) is 55.5 Å². The van der Waals surface area contributed by atoms with Crippen molar-refractivity contribution in [3.63, 3.8) is 0 Å². The van der Waals surface area contributed by atoms with E-state index in [2.05, 4.69) is 16.4 Å². The maximum Gasteiger partial charge on any atom is 0.148 e. The van der Waals surface area contributed by atoms with E-state index in [0.717, 1.165) is 31.4 Å². The van der Waals surface area contributed by atoms with Crippen molar-refractivity contribution in [2.45, 2.75) is 25.7 Å². The number of aromatic nitrogens is 1. The summed E-state index contributed by atoms with van der Waals surface area (Å²) in [5.74, 6) is 0.547. The monoisotopic (exact) mass is 298 g/mol. The summed E-state index contributed by atoms with van der Waals surface area (Å²) in [5.41, 5.74) is 9.84. The lowest BCUT2D eigenvalue weighted by Crippen LogP contribution is -2.09. The molecule has 0 radical (unpaired) electrons. The lowest BCUT2D eigenvalue weighted by molar-refractivity contribution is 0.668. The molecule has 0 unspecified atom stereocenters. The van der Waals surface area contributed by atoms with Gasteiger partial charge < -0.3 is 11.1 Å². The van der Waals surface area contributed by atoms with Gasteiger partial charge in [0.25, 0.3) is 0 Å². The number of fused-ring (bicyclic) bond motifs is 1. The maximum absolute atomic E-state index is 9.33. The fourth-order valence-electron chi connectivity index (χ4n) is 2.58. The van der Waals surface area contributed by atoms with Crippen LogP contribution in [0.4, 0.5) is 17.2 Å². The van der Waals surface area contributed by atoms with Gasteiger partial charge in [-0.1, -0.05) is 11.6 Å². The number of rotatable bonds is 2. The zero-order chi connectivity index (χ0) is 14.8. The Morgan fingerprint density at radius 2 is 2.05 bits per heavy atom. The third-order valence-corrected chi connectivity index (χ3v) is 3.99. The molecule has 0 amide bonds. The van der Waals surface area contributed by atoms with Crippen molar-refractivity contribution in [2.24, 2.45) is 0 Å². The number of nitriles is 1. The highest BCUT2D eigenvalue weighted by atomic mass is 35.5. The maximum atomic E-state index is 9.33. The third kappa shape index (κ3) is 2.79. The van der Waals surface area contributed by atoms with Crippen molar-refractivity contribution in [3.8, 4) is 6.07 Å². The highest BCUT2D eigenvalue weighted by Gasteiger charge is 2.15. The molecule has 1 aliphatic carbocycles. The Labute approximate surface area is 128 Å². The minimum absolute atomic E-state index is 0.536. The van der Waals surface area contributed by atoms with Gasteiger partial charge in [-0.15, -0.1) is 0 Å². The predicted octanol–water partition coefficient (Wildman–Crippen LogP) is 3.81. The van der Waals surface area contributed by atoms with E-state index in [1.165, 1.54) is 5.56 Å². The second-order valence-corrected chi connectivity index (χ2v) is 5.58. The fraction of sp³-hybridized carbons (Fsp3) is 0.250. The second-order valence-electron chi connectivity index (χ2n) is 5.17. The summed E-state index contributed by atoms with van der Waals surface area (Å²) < 4.78 is 0. The molecular weight excluding hydrogens is 284 g/mol. The molecule has 2 aromatic rings. The first-order valence-electron chi connectivity index (χ1n) is 6.92. The zero-order valence-electron chi connectivity index (χ0n) is 11.5. The van der Waals surface area contributed by atoms with Crippen LogP contribution >= 0.6 is 11.6 Å². The van der Waals surface area contributed by atoms with E-state index in [-0.39, 0.29) is 0 Å². The number of nitrogens with two attached hydrogens (primary N) is 1. The molecule has 21 heavy (non-hydrogen) atoms. The average molecular weight is 299 g/mol. The Morgan fingerprint density at radius 1 is 1.24 bits per heavy atom. The summed E-state index contributed by atoms with van der Waals surface area (Å²) in [6.07, 6.45) is 4.26. The molecule has 0 atom stereocenters. The van der Waals surface area contributed by atoms with Crippen LogP contribution in [0.3, 0.4) is 0 Å². The molecule has 0 aliphatic heterocycles. The molecule has 3 N–H and O–H groups in total. The number of nitrogen functional groups attached to an aromatic ring is 1. The van der Waals surface area contributed by atoms with E-state index in [4.69, 9.17) is 17.3 Å². The van der Waals surface area contributed by atoms with E-state index < -0.39 is 0 Å².